The zero-order valence-corrected chi connectivity index (χ0v) is 24.2. The van der Waals surface area contributed by atoms with E-state index >= 15 is 0 Å². The fraction of sp³-hybridized carbons (Fsp3) is 0.679. The average molecular weight is 557 g/mol. The first-order valence-corrected chi connectivity index (χ1v) is 15.1. The maximum Gasteiger partial charge on any atom is 0.246 e. The van der Waals surface area contributed by atoms with E-state index in [1.807, 2.05) is 11.8 Å². The zero-order valence-electron chi connectivity index (χ0n) is 23.4. The number of aryl methyl sites for hydroxylation is 2. The molecule has 3 aliphatic rings. The van der Waals surface area contributed by atoms with Crippen LogP contribution < -0.4 is 10.6 Å². The van der Waals surface area contributed by atoms with Gasteiger partial charge in [-0.2, -0.15) is 0 Å². The van der Waals surface area contributed by atoms with Gasteiger partial charge in [0.1, 0.15) is 22.5 Å². The minimum atomic E-state index is -0.563. The van der Waals surface area contributed by atoms with Crippen LogP contribution in [0.15, 0.2) is 9.90 Å². The smallest absolute Gasteiger partial charge is 0.246 e. The maximum atomic E-state index is 14.4. The lowest BCUT2D eigenvalue weighted by Gasteiger charge is -2.45. The molecule has 1 saturated carbocycles. The Kier molecular flexibility index (Phi) is 8.49. The number of fused-ring (bicyclic) bond motifs is 1. The van der Waals surface area contributed by atoms with Crippen molar-refractivity contribution >= 4 is 28.9 Å². The van der Waals surface area contributed by atoms with Crippen LogP contribution in [0.2, 0.25) is 0 Å². The number of likely N-dealkylation sites (N-methyl/N-ethyl adjacent to an activating group) is 1. The van der Waals surface area contributed by atoms with Crippen molar-refractivity contribution in [2.75, 3.05) is 26.7 Å². The third-order valence-electron chi connectivity index (χ3n) is 8.78. The van der Waals surface area contributed by atoms with Crippen molar-refractivity contribution in [1.29, 1.82) is 0 Å². The van der Waals surface area contributed by atoms with E-state index in [1.54, 1.807) is 26.3 Å². The van der Waals surface area contributed by atoms with Crippen LogP contribution in [0.1, 0.15) is 90.4 Å². The molecule has 2 saturated heterocycles. The zero-order chi connectivity index (χ0) is 27.7. The summed E-state index contributed by atoms with van der Waals surface area (Å²) in [4.78, 5) is 49.8. The second kappa shape index (κ2) is 11.9. The Hall–Kier alpha value is -2.63. The summed E-state index contributed by atoms with van der Waals surface area (Å²) in [7, 11) is 1.75. The topological polar surface area (TPSA) is 121 Å². The van der Waals surface area contributed by atoms with Gasteiger partial charge in [-0.15, -0.1) is 11.3 Å². The van der Waals surface area contributed by atoms with Gasteiger partial charge in [-0.3, -0.25) is 19.3 Å². The Balaban J connectivity index is 1.44. The van der Waals surface area contributed by atoms with Gasteiger partial charge in [-0.25, -0.2) is 4.98 Å². The van der Waals surface area contributed by atoms with Crippen LogP contribution in [-0.4, -0.2) is 82.3 Å². The molecule has 4 atom stereocenters. The molecule has 2 amide bonds. The Labute approximate surface area is 233 Å². The number of aromatic nitrogens is 2. The van der Waals surface area contributed by atoms with Gasteiger partial charge in [-0.1, -0.05) is 24.4 Å². The Morgan fingerprint density at radius 2 is 1.87 bits per heavy atom. The van der Waals surface area contributed by atoms with E-state index < -0.39 is 6.04 Å². The molecular weight excluding hydrogens is 516 g/mol. The molecule has 4 heterocycles. The summed E-state index contributed by atoms with van der Waals surface area (Å²) in [6.07, 6.45) is 7.36. The molecular formula is C28H40N6O4S. The maximum absolute atomic E-state index is 14.4. The van der Waals surface area contributed by atoms with Crippen molar-refractivity contribution in [2.45, 2.75) is 89.9 Å². The fourth-order valence-corrected chi connectivity index (χ4v) is 7.29. The van der Waals surface area contributed by atoms with Crippen molar-refractivity contribution in [1.82, 2.24) is 30.6 Å². The third kappa shape index (κ3) is 5.67. The first-order chi connectivity index (χ1) is 18.8. The molecule has 11 heteroatoms. The van der Waals surface area contributed by atoms with Crippen LogP contribution in [0.4, 0.5) is 0 Å². The molecule has 212 valence electrons. The summed E-state index contributed by atoms with van der Waals surface area (Å²) in [6.45, 7) is 7.58. The Morgan fingerprint density at radius 3 is 2.56 bits per heavy atom. The third-order valence-corrected chi connectivity index (χ3v) is 9.73. The van der Waals surface area contributed by atoms with Crippen molar-refractivity contribution in [3.8, 4) is 0 Å². The van der Waals surface area contributed by atoms with Crippen LogP contribution in [0.25, 0.3) is 0 Å². The molecule has 2 N–H and O–H groups in total. The molecule has 0 radical (unpaired) electrons. The lowest BCUT2D eigenvalue weighted by atomic mass is 9.82. The van der Waals surface area contributed by atoms with E-state index in [1.165, 1.54) is 17.8 Å². The molecule has 4 unspecified atom stereocenters. The van der Waals surface area contributed by atoms with Gasteiger partial charge in [0.2, 0.25) is 17.6 Å². The average Bonchev–Trinajstić information content (AvgIpc) is 3.70. The highest BCUT2D eigenvalue weighted by atomic mass is 32.1. The van der Waals surface area contributed by atoms with E-state index in [0.29, 0.717) is 41.8 Å². The second-order valence-corrected chi connectivity index (χ2v) is 12.2. The van der Waals surface area contributed by atoms with E-state index in [0.717, 1.165) is 50.1 Å². The lowest BCUT2D eigenvalue weighted by Crippen LogP contribution is -2.60. The van der Waals surface area contributed by atoms with Gasteiger partial charge >= 0.3 is 0 Å². The van der Waals surface area contributed by atoms with Crippen LogP contribution in [0, 0.1) is 19.8 Å². The number of piperazine rings is 1. The number of carbonyl (C=O) groups is 3. The summed E-state index contributed by atoms with van der Waals surface area (Å²) in [5, 5.41) is 12.6. The summed E-state index contributed by atoms with van der Waals surface area (Å²) in [5.74, 6) is 0.204. The van der Waals surface area contributed by atoms with Gasteiger partial charge < -0.3 is 20.1 Å². The standard InChI is InChI=1S/C28H40N6O4S/c1-16-23(18(3)38-32-16)25(35)21-15-39-27(30-21)22-14-33-12-8-11-20(33)13-34(22)28(37)24(19-9-6-5-7-10-19)31-26(36)17(2)29-4/h15,17,19-20,22,24,29H,5-14H2,1-4H3,(H,31,36). The lowest BCUT2D eigenvalue weighted by molar-refractivity contribution is -0.144. The number of nitrogens with zero attached hydrogens (tertiary/aromatic N) is 4. The van der Waals surface area contributed by atoms with E-state index in [2.05, 4.69) is 20.7 Å². The molecule has 0 bridgehead atoms. The van der Waals surface area contributed by atoms with Crippen LogP contribution in [0.3, 0.4) is 0 Å². The molecule has 2 aromatic heterocycles. The number of hydrogen-bond acceptors (Lipinski definition) is 9. The van der Waals surface area contributed by atoms with Gasteiger partial charge in [0.25, 0.3) is 0 Å². The molecule has 1 aliphatic carbocycles. The number of hydrogen-bond donors (Lipinski definition) is 2. The van der Waals surface area contributed by atoms with Crippen LogP contribution >= 0.6 is 11.3 Å². The van der Waals surface area contributed by atoms with E-state index in [9.17, 15) is 14.4 Å². The molecule has 2 aromatic rings. The first kappa shape index (κ1) is 27.9. The number of nitrogens with one attached hydrogen (secondary N) is 2. The van der Waals surface area contributed by atoms with Crippen LogP contribution in [-0.2, 0) is 9.59 Å². The van der Waals surface area contributed by atoms with E-state index in [-0.39, 0.29) is 35.6 Å². The molecule has 39 heavy (non-hydrogen) atoms. The number of carbonyl (C=O) groups excluding carboxylic acids is 3. The highest BCUT2D eigenvalue weighted by molar-refractivity contribution is 7.10. The molecule has 5 rings (SSSR count). The van der Waals surface area contributed by atoms with Crippen molar-refractivity contribution in [3.05, 3.63) is 33.1 Å². The summed E-state index contributed by atoms with van der Waals surface area (Å²) in [5.41, 5.74) is 1.34. The molecule has 0 aromatic carbocycles. The summed E-state index contributed by atoms with van der Waals surface area (Å²) >= 11 is 1.42. The predicted molar refractivity (Wildman–Crippen MR) is 148 cm³/mol. The SMILES string of the molecule is CNC(C)C(=O)NC(C(=O)N1CC2CCCN2CC1c1nc(C(=O)c2c(C)noc2C)cs1)C1CCCCC1. The predicted octanol–water partition coefficient (Wildman–Crippen LogP) is 3.00. The number of amides is 2. The fourth-order valence-electron chi connectivity index (χ4n) is 6.39. The highest BCUT2D eigenvalue weighted by Crippen LogP contribution is 2.36. The van der Waals surface area contributed by atoms with Crippen molar-refractivity contribution < 1.29 is 18.9 Å². The van der Waals surface area contributed by atoms with E-state index in [4.69, 9.17) is 9.51 Å². The monoisotopic (exact) mass is 556 g/mol. The normalized spacial score (nSPS) is 23.8. The van der Waals surface area contributed by atoms with Crippen LogP contribution in [0.5, 0.6) is 0 Å². The molecule has 0 spiro atoms. The Morgan fingerprint density at radius 1 is 1.10 bits per heavy atom. The number of rotatable bonds is 8. The van der Waals surface area contributed by atoms with Gasteiger partial charge in [0.15, 0.2) is 0 Å². The first-order valence-electron chi connectivity index (χ1n) is 14.2. The van der Waals surface area contributed by atoms with Crippen molar-refractivity contribution in [2.24, 2.45) is 5.92 Å². The van der Waals surface area contributed by atoms with Crippen molar-refractivity contribution in [3.63, 3.8) is 0 Å². The largest absolute Gasteiger partial charge is 0.361 e. The van der Waals surface area contributed by atoms with Gasteiger partial charge in [0.05, 0.1) is 23.3 Å². The quantitative estimate of drug-likeness (QED) is 0.476. The Bertz CT molecular complexity index is 1190. The number of ketones is 1. The summed E-state index contributed by atoms with van der Waals surface area (Å²) < 4.78 is 5.20. The molecule has 10 nitrogen and oxygen atoms in total. The van der Waals surface area contributed by atoms with Gasteiger partial charge in [0, 0.05) is 24.5 Å². The summed E-state index contributed by atoms with van der Waals surface area (Å²) in [6, 6.07) is -0.907. The highest BCUT2D eigenvalue weighted by Gasteiger charge is 2.44. The van der Waals surface area contributed by atoms with Gasteiger partial charge in [-0.05, 0) is 66.0 Å². The second-order valence-electron chi connectivity index (χ2n) is 11.3. The molecule has 2 aliphatic heterocycles. The minimum absolute atomic E-state index is 0.0242. The molecule has 3 fully saturated rings. The minimum Gasteiger partial charge on any atom is -0.361 e. The number of thiazole rings is 1.